The first-order valence-electron chi connectivity index (χ1n) is 10.8. The first kappa shape index (κ1) is 23.6. The third-order valence-corrected chi connectivity index (χ3v) is 5.50. The normalized spacial score (nSPS) is 10.5. The molecule has 4 aromatic carbocycles. The first-order chi connectivity index (χ1) is 17.0. The van der Waals surface area contributed by atoms with Gasteiger partial charge >= 0.3 is 0 Å². The molecule has 4 rings (SSSR count). The van der Waals surface area contributed by atoms with Gasteiger partial charge in [-0.2, -0.15) is 0 Å². The van der Waals surface area contributed by atoms with E-state index in [1.807, 2.05) is 48.5 Å². The van der Waals surface area contributed by atoms with E-state index in [1.165, 1.54) is 0 Å². The van der Waals surface area contributed by atoms with Gasteiger partial charge in [0.2, 0.25) is 0 Å². The molecule has 7 heteroatoms. The van der Waals surface area contributed by atoms with Gasteiger partial charge in [-0.3, -0.25) is 0 Å². The summed E-state index contributed by atoms with van der Waals surface area (Å²) < 4.78 is 27.8. The molecule has 0 aliphatic carbocycles. The summed E-state index contributed by atoms with van der Waals surface area (Å²) in [6, 6.07) is 21.2. The van der Waals surface area contributed by atoms with Gasteiger partial charge in [0.1, 0.15) is 46.0 Å². The lowest BCUT2D eigenvalue weighted by Crippen LogP contribution is -1.94. The van der Waals surface area contributed by atoms with Crippen LogP contribution in [0.1, 0.15) is 0 Å². The molecule has 0 heterocycles. The molecule has 0 aliphatic rings. The summed E-state index contributed by atoms with van der Waals surface area (Å²) in [5.74, 6) is 3.45. The Labute approximate surface area is 203 Å². The molecule has 180 valence electrons. The molecule has 0 bridgehead atoms. The minimum Gasteiger partial charge on any atom is -0.508 e. The predicted molar refractivity (Wildman–Crippen MR) is 133 cm³/mol. The Morgan fingerprint density at radius 1 is 0.457 bits per heavy atom. The Kier molecular flexibility index (Phi) is 6.87. The van der Waals surface area contributed by atoms with Crippen molar-refractivity contribution in [2.45, 2.75) is 0 Å². The van der Waals surface area contributed by atoms with Crippen molar-refractivity contribution < 1.29 is 33.9 Å². The van der Waals surface area contributed by atoms with Crippen molar-refractivity contribution in [3.63, 3.8) is 0 Å². The summed E-state index contributed by atoms with van der Waals surface area (Å²) in [6.07, 6.45) is 0. The van der Waals surface area contributed by atoms with Gasteiger partial charge in [0.05, 0.1) is 39.6 Å². The zero-order valence-corrected chi connectivity index (χ0v) is 19.9. The van der Waals surface area contributed by atoms with Crippen LogP contribution in [-0.2, 0) is 0 Å². The molecule has 4 aromatic rings. The van der Waals surface area contributed by atoms with E-state index in [2.05, 4.69) is 0 Å². The summed E-state index contributed by atoms with van der Waals surface area (Å²) in [5, 5.41) is 19.8. The molecule has 35 heavy (non-hydrogen) atoms. The lowest BCUT2D eigenvalue weighted by molar-refractivity contribution is 0.387. The molecular weight excluding hydrogens is 448 g/mol. The Morgan fingerprint density at radius 3 is 1.00 bits per heavy atom. The Bertz CT molecular complexity index is 1160. The SMILES string of the molecule is COc1cc(O)cc(OC)c1-c1ccc(Oc2ccc(-c3c(OC)cc(O)cc3OC)cc2)cc1. The third kappa shape index (κ3) is 4.89. The topological polar surface area (TPSA) is 86.6 Å². The fraction of sp³-hybridized carbons (Fsp3) is 0.143. The molecule has 0 atom stereocenters. The molecule has 0 fully saturated rings. The van der Waals surface area contributed by atoms with Crippen LogP contribution in [0.15, 0.2) is 72.8 Å². The second-order valence-electron chi connectivity index (χ2n) is 7.60. The van der Waals surface area contributed by atoms with Gasteiger partial charge in [0.15, 0.2) is 0 Å². The van der Waals surface area contributed by atoms with Gasteiger partial charge in [-0.05, 0) is 35.4 Å². The zero-order valence-electron chi connectivity index (χ0n) is 19.9. The summed E-state index contributed by atoms with van der Waals surface area (Å²) in [4.78, 5) is 0. The fourth-order valence-electron chi connectivity index (χ4n) is 3.88. The average Bonchev–Trinajstić information content (AvgIpc) is 2.88. The number of phenols is 2. The number of rotatable bonds is 8. The Morgan fingerprint density at radius 2 is 0.743 bits per heavy atom. The largest absolute Gasteiger partial charge is 0.508 e. The lowest BCUT2D eigenvalue weighted by Gasteiger charge is -2.15. The van der Waals surface area contributed by atoms with Crippen LogP contribution in [0.25, 0.3) is 22.3 Å². The van der Waals surface area contributed by atoms with Crippen LogP contribution in [0.3, 0.4) is 0 Å². The number of benzene rings is 4. The van der Waals surface area contributed by atoms with Crippen LogP contribution in [0, 0.1) is 0 Å². The zero-order chi connectivity index (χ0) is 24.9. The standard InChI is InChI=1S/C28H26O7/c1-31-23-13-19(29)14-24(32-2)27(23)17-5-9-21(10-6-17)35-22-11-7-18(8-12-22)28-25(33-3)15-20(30)16-26(28)34-4/h5-16,29-30H,1-4H3. The summed E-state index contributed by atoms with van der Waals surface area (Å²) in [7, 11) is 6.18. The van der Waals surface area contributed by atoms with Crippen molar-refractivity contribution in [3.05, 3.63) is 72.8 Å². The van der Waals surface area contributed by atoms with Gasteiger partial charge in [-0.1, -0.05) is 24.3 Å². The van der Waals surface area contributed by atoms with Crippen molar-refractivity contribution in [1.82, 2.24) is 0 Å². The molecule has 2 N–H and O–H groups in total. The molecule has 0 spiro atoms. The minimum atomic E-state index is 0.0633. The van der Waals surface area contributed by atoms with E-state index >= 15 is 0 Å². The molecule has 0 saturated heterocycles. The van der Waals surface area contributed by atoms with Crippen LogP contribution in [0.2, 0.25) is 0 Å². The van der Waals surface area contributed by atoms with E-state index in [9.17, 15) is 10.2 Å². The number of aromatic hydroxyl groups is 2. The van der Waals surface area contributed by atoms with Crippen molar-refractivity contribution >= 4 is 0 Å². The van der Waals surface area contributed by atoms with E-state index < -0.39 is 0 Å². The van der Waals surface area contributed by atoms with E-state index in [-0.39, 0.29) is 11.5 Å². The molecule has 7 nitrogen and oxygen atoms in total. The predicted octanol–water partition coefficient (Wildman–Crippen LogP) is 6.26. The molecule has 0 unspecified atom stereocenters. The van der Waals surface area contributed by atoms with Gasteiger partial charge in [0.25, 0.3) is 0 Å². The smallest absolute Gasteiger partial charge is 0.134 e. The van der Waals surface area contributed by atoms with Crippen LogP contribution < -0.4 is 23.7 Å². The maximum atomic E-state index is 9.89. The summed E-state index contributed by atoms with van der Waals surface area (Å²) >= 11 is 0. The van der Waals surface area contributed by atoms with Crippen molar-refractivity contribution in [2.75, 3.05) is 28.4 Å². The van der Waals surface area contributed by atoms with Crippen molar-refractivity contribution in [2.24, 2.45) is 0 Å². The van der Waals surface area contributed by atoms with Gasteiger partial charge in [-0.25, -0.2) is 0 Å². The maximum absolute atomic E-state index is 9.89. The van der Waals surface area contributed by atoms with Crippen molar-refractivity contribution in [1.29, 1.82) is 0 Å². The highest BCUT2D eigenvalue weighted by atomic mass is 16.5. The highest BCUT2D eigenvalue weighted by molar-refractivity contribution is 5.79. The Hall–Kier alpha value is -4.52. The highest BCUT2D eigenvalue weighted by Gasteiger charge is 2.16. The number of phenolic OH excluding ortho intramolecular Hbond substituents is 2. The monoisotopic (exact) mass is 474 g/mol. The molecule has 0 aliphatic heterocycles. The summed E-state index contributed by atoms with van der Waals surface area (Å²) in [5.41, 5.74) is 3.18. The van der Waals surface area contributed by atoms with Crippen LogP contribution in [0.4, 0.5) is 0 Å². The molecule has 0 amide bonds. The van der Waals surface area contributed by atoms with Crippen LogP contribution >= 0.6 is 0 Å². The van der Waals surface area contributed by atoms with E-state index in [4.69, 9.17) is 23.7 Å². The molecular formula is C28H26O7. The van der Waals surface area contributed by atoms with E-state index in [1.54, 1.807) is 52.7 Å². The number of methoxy groups -OCH3 is 4. The maximum Gasteiger partial charge on any atom is 0.134 e. The first-order valence-corrected chi connectivity index (χ1v) is 10.8. The summed E-state index contributed by atoms with van der Waals surface area (Å²) in [6.45, 7) is 0. The van der Waals surface area contributed by atoms with Gasteiger partial charge in [0, 0.05) is 24.3 Å². The highest BCUT2D eigenvalue weighted by Crippen LogP contribution is 2.43. The lowest BCUT2D eigenvalue weighted by atomic mass is 10.0. The van der Waals surface area contributed by atoms with Gasteiger partial charge in [-0.15, -0.1) is 0 Å². The number of ether oxygens (including phenoxy) is 5. The quantitative estimate of drug-likeness (QED) is 0.312. The molecule has 0 radical (unpaired) electrons. The molecule has 0 saturated carbocycles. The second kappa shape index (κ2) is 10.2. The number of hydrogen-bond acceptors (Lipinski definition) is 7. The second-order valence-corrected chi connectivity index (χ2v) is 7.60. The molecule has 0 aromatic heterocycles. The van der Waals surface area contributed by atoms with Crippen molar-refractivity contribution in [3.8, 4) is 68.2 Å². The average molecular weight is 475 g/mol. The van der Waals surface area contributed by atoms with E-state index in [0.29, 0.717) is 34.5 Å². The number of hydrogen-bond donors (Lipinski definition) is 2. The van der Waals surface area contributed by atoms with Gasteiger partial charge < -0.3 is 33.9 Å². The van der Waals surface area contributed by atoms with E-state index in [0.717, 1.165) is 22.3 Å². The van der Waals surface area contributed by atoms with Crippen LogP contribution in [-0.4, -0.2) is 38.7 Å². The van der Waals surface area contributed by atoms with Crippen LogP contribution in [0.5, 0.6) is 46.0 Å². The Balaban J connectivity index is 1.58. The fourth-order valence-corrected chi connectivity index (χ4v) is 3.88. The third-order valence-electron chi connectivity index (χ3n) is 5.50. The minimum absolute atomic E-state index is 0.0633.